The number of ether oxygens (including phenoxy) is 1. The van der Waals surface area contributed by atoms with E-state index < -0.39 is 17.9 Å². The van der Waals surface area contributed by atoms with Crippen LogP contribution in [0.5, 0.6) is 0 Å². The summed E-state index contributed by atoms with van der Waals surface area (Å²) in [4.78, 5) is 23.0. The van der Waals surface area contributed by atoms with E-state index in [2.05, 4.69) is 10.4 Å². The molecule has 20 heavy (non-hydrogen) atoms. The van der Waals surface area contributed by atoms with Gasteiger partial charge in [0, 0.05) is 13.3 Å². The molecular weight excluding hydrogens is 262 g/mol. The molecule has 1 aromatic heterocycles. The molecule has 0 aromatic carbocycles. The van der Waals surface area contributed by atoms with Crippen LogP contribution in [0.2, 0.25) is 0 Å². The van der Waals surface area contributed by atoms with Crippen LogP contribution in [0.1, 0.15) is 30.8 Å². The first-order valence-electron chi connectivity index (χ1n) is 6.50. The molecule has 0 unspecified atom stereocenters. The fraction of sp³-hybridized carbons (Fsp3) is 0.615. The van der Waals surface area contributed by atoms with Crippen molar-refractivity contribution in [1.82, 2.24) is 15.1 Å². The number of nitrogens with one attached hydrogen (secondary N) is 1. The van der Waals surface area contributed by atoms with E-state index in [-0.39, 0.29) is 11.6 Å². The number of nitrogens with zero attached hydrogens (tertiary/aromatic N) is 2. The SMILES string of the molecule is COCCn1ccc(C(=O)N[C@H](CC(C)C)C(=O)O)n1. The van der Waals surface area contributed by atoms with Crippen molar-refractivity contribution < 1.29 is 19.4 Å². The number of aliphatic carboxylic acids is 1. The van der Waals surface area contributed by atoms with Crippen molar-refractivity contribution in [2.45, 2.75) is 32.9 Å². The number of carbonyl (C=O) groups excluding carboxylic acids is 1. The average molecular weight is 283 g/mol. The summed E-state index contributed by atoms with van der Waals surface area (Å²) < 4.78 is 6.50. The van der Waals surface area contributed by atoms with E-state index in [0.29, 0.717) is 19.6 Å². The molecule has 0 aliphatic heterocycles. The lowest BCUT2D eigenvalue weighted by Gasteiger charge is -2.15. The quantitative estimate of drug-likeness (QED) is 0.734. The molecule has 1 rings (SSSR count). The molecule has 0 spiro atoms. The van der Waals surface area contributed by atoms with E-state index in [0.717, 1.165) is 0 Å². The number of carboxylic acid groups (broad SMARTS) is 1. The van der Waals surface area contributed by atoms with E-state index in [9.17, 15) is 9.59 Å². The number of carbonyl (C=O) groups is 2. The van der Waals surface area contributed by atoms with Gasteiger partial charge in [-0.05, 0) is 18.4 Å². The Hall–Kier alpha value is -1.89. The first-order chi connectivity index (χ1) is 9.43. The normalized spacial score (nSPS) is 12.4. The monoisotopic (exact) mass is 283 g/mol. The Morgan fingerprint density at radius 1 is 1.50 bits per heavy atom. The summed E-state index contributed by atoms with van der Waals surface area (Å²) in [6.45, 7) is 4.84. The molecule has 0 saturated heterocycles. The lowest BCUT2D eigenvalue weighted by molar-refractivity contribution is -0.139. The maximum Gasteiger partial charge on any atom is 0.326 e. The van der Waals surface area contributed by atoms with Crippen LogP contribution in [0.15, 0.2) is 12.3 Å². The highest BCUT2D eigenvalue weighted by Crippen LogP contribution is 2.06. The molecule has 0 radical (unpaired) electrons. The Kier molecular flexibility index (Phi) is 6.17. The smallest absolute Gasteiger partial charge is 0.326 e. The number of amides is 1. The highest BCUT2D eigenvalue weighted by molar-refractivity contribution is 5.94. The Labute approximate surface area is 117 Å². The van der Waals surface area contributed by atoms with E-state index in [1.54, 1.807) is 24.1 Å². The van der Waals surface area contributed by atoms with Gasteiger partial charge in [-0.3, -0.25) is 9.48 Å². The summed E-state index contributed by atoms with van der Waals surface area (Å²) >= 11 is 0. The van der Waals surface area contributed by atoms with Crippen LogP contribution < -0.4 is 5.32 Å². The van der Waals surface area contributed by atoms with Crippen LogP contribution in [0.3, 0.4) is 0 Å². The second kappa shape index (κ2) is 7.64. The van der Waals surface area contributed by atoms with Gasteiger partial charge in [-0.15, -0.1) is 0 Å². The van der Waals surface area contributed by atoms with Crippen LogP contribution in [-0.4, -0.2) is 46.5 Å². The van der Waals surface area contributed by atoms with Crippen molar-refractivity contribution in [2.24, 2.45) is 5.92 Å². The van der Waals surface area contributed by atoms with Gasteiger partial charge in [0.25, 0.3) is 5.91 Å². The van der Waals surface area contributed by atoms with Crippen molar-refractivity contribution >= 4 is 11.9 Å². The van der Waals surface area contributed by atoms with Crippen LogP contribution in [0.25, 0.3) is 0 Å². The maximum absolute atomic E-state index is 11.9. The fourth-order valence-electron chi connectivity index (χ4n) is 1.72. The predicted molar refractivity (Wildman–Crippen MR) is 72.4 cm³/mol. The van der Waals surface area contributed by atoms with E-state index >= 15 is 0 Å². The highest BCUT2D eigenvalue weighted by atomic mass is 16.5. The molecule has 7 nitrogen and oxygen atoms in total. The molecule has 0 saturated carbocycles. The third-order valence-corrected chi connectivity index (χ3v) is 2.71. The summed E-state index contributed by atoms with van der Waals surface area (Å²) in [5.41, 5.74) is 0.205. The first kappa shape index (κ1) is 16.2. The molecule has 1 aromatic rings. The van der Waals surface area contributed by atoms with Crippen molar-refractivity contribution in [1.29, 1.82) is 0 Å². The van der Waals surface area contributed by atoms with Gasteiger partial charge in [0.15, 0.2) is 0 Å². The molecule has 2 N–H and O–H groups in total. The second-order valence-corrected chi connectivity index (χ2v) is 4.95. The van der Waals surface area contributed by atoms with Crippen molar-refractivity contribution in [3.63, 3.8) is 0 Å². The van der Waals surface area contributed by atoms with Crippen LogP contribution >= 0.6 is 0 Å². The molecule has 0 aliphatic carbocycles. The van der Waals surface area contributed by atoms with Gasteiger partial charge in [-0.1, -0.05) is 13.8 Å². The summed E-state index contributed by atoms with van der Waals surface area (Å²) in [6.07, 6.45) is 2.04. The molecule has 1 atom stereocenters. The van der Waals surface area contributed by atoms with Crippen molar-refractivity contribution in [3.05, 3.63) is 18.0 Å². The minimum absolute atomic E-state index is 0.177. The number of methoxy groups -OCH3 is 1. The number of hydrogen-bond acceptors (Lipinski definition) is 4. The lowest BCUT2D eigenvalue weighted by Crippen LogP contribution is -2.41. The Morgan fingerprint density at radius 2 is 2.20 bits per heavy atom. The van der Waals surface area contributed by atoms with Gasteiger partial charge in [-0.25, -0.2) is 4.79 Å². The summed E-state index contributed by atoms with van der Waals surface area (Å²) in [5.74, 6) is -1.34. The summed E-state index contributed by atoms with van der Waals surface area (Å²) in [6, 6.07) is 0.658. The van der Waals surface area contributed by atoms with Crippen molar-refractivity contribution in [3.8, 4) is 0 Å². The topological polar surface area (TPSA) is 93.5 Å². The van der Waals surface area contributed by atoms with Crippen LogP contribution in [-0.2, 0) is 16.1 Å². The minimum Gasteiger partial charge on any atom is -0.480 e. The zero-order valence-electron chi connectivity index (χ0n) is 12.0. The standard InChI is InChI=1S/C13H21N3O4/c1-9(2)8-11(13(18)19)14-12(17)10-4-5-16(15-10)6-7-20-3/h4-5,9,11H,6-8H2,1-3H3,(H,14,17)(H,18,19)/t11-/m1/s1. The summed E-state index contributed by atoms with van der Waals surface area (Å²) in [7, 11) is 1.58. The molecule has 112 valence electrons. The molecule has 0 aliphatic rings. The summed E-state index contributed by atoms with van der Waals surface area (Å²) in [5, 5.41) is 15.6. The van der Waals surface area contributed by atoms with E-state index in [1.165, 1.54) is 0 Å². The van der Waals surface area contributed by atoms with Gasteiger partial charge in [0.2, 0.25) is 0 Å². The Balaban J connectivity index is 2.64. The Morgan fingerprint density at radius 3 is 2.75 bits per heavy atom. The Bertz CT molecular complexity index is 456. The van der Waals surface area contributed by atoms with Crippen LogP contribution in [0, 0.1) is 5.92 Å². The zero-order valence-corrected chi connectivity index (χ0v) is 12.0. The number of rotatable bonds is 8. The second-order valence-electron chi connectivity index (χ2n) is 4.95. The third-order valence-electron chi connectivity index (χ3n) is 2.71. The maximum atomic E-state index is 11.9. The fourth-order valence-corrected chi connectivity index (χ4v) is 1.72. The minimum atomic E-state index is -1.04. The average Bonchev–Trinajstić information content (AvgIpc) is 2.83. The molecule has 0 fully saturated rings. The highest BCUT2D eigenvalue weighted by Gasteiger charge is 2.22. The first-order valence-corrected chi connectivity index (χ1v) is 6.50. The molecule has 7 heteroatoms. The molecular formula is C13H21N3O4. The number of hydrogen-bond donors (Lipinski definition) is 2. The van der Waals surface area contributed by atoms with Gasteiger partial charge in [0.1, 0.15) is 11.7 Å². The largest absolute Gasteiger partial charge is 0.480 e. The van der Waals surface area contributed by atoms with Gasteiger partial charge in [0.05, 0.1) is 13.2 Å². The van der Waals surface area contributed by atoms with Gasteiger partial charge < -0.3 is 15.2 Å². The lowest BCUT2D eigenvalue weighted by atomic mass is 10.0. The van der Waals surface area contributed by atoms with Crippen molar-refractivity contribution in [2.75, 3.05) is 13.7 Å². The van der Waals surface area contributed by atoms with E-state index in [1.807, 2.05) is 13.8 Å². The van der Waals surface area contributed by atoms with E-state index in [4.69, 9.17) is 9.84 Å². The third kappa shape index (κ3) is 5.00. The predicted octanol–water partition coefficient (Wildman–Crippen LogP) is 0.759. The molecule has 0 bridgehead atoms. The number of aromatic nitrogens is 2. The molecule has 1 heterocycles. The van der Waals surface area contributed by atoms with Gasteiger partial charge in [-0.2, -0.15) is 5.10 Å². The molecule has 1 amide bonds. The van der Waals surface area contributed by atoms with Gasteiger partial charge >= 0.3 is 5.97 Å². The number of carboxylic acids is 1. The zero-order chi connectivity index (χ0) is 15.1. The van der Waals surface area contributed by atoms with Crippen LogP contribution in [0.4, 0.5) is 0 Å².